The van der Waals surface area contributed by atoms with E-state index >= 15 is 0 Å². The van der Waals surface area contributed by atoms with Gasteiger partial charge in [-0.25, -0.2) is 8.42 Å². The molecular weight excluding hydrogens is 284 g/mol. The predicted octanol–water partition coefficient (Wildman–Crippen LogP) is 1.85. The summed E-state index contributed by atoms with van der Waals surface area (Å²) in [4.78, 5) is 2.27. The van der Waals surface area contributed by atoms with Crippen LogP contribution in [0.4, 0.5) is 0 Å². The predicted molar refractivity (Wildman–Crippen MR) is 87.2 cm³/mol. The molecular formula is C16H26N2O2S. The minimum Gasteiger partial charge on any atom is -0.310 e. The average Bonchev–Trinajstić information content (AvgIpc) is 2.49. The lowest BCUT2D eigenvalue weighted by molar-refractivity contribution is 0.275. The van der Waals surface area contributed by atoms with Gasteiger partial charge in [-0.15, -0.1) is 0 Å². The van der Waals surface area contributed by atoms with Gasteiger partial charge in [0.05, 0.1) is 11.5 Å². The molecule has 0 spiro atoms. The lowest BCUT2D eigenvalue weighted by Gasteiger charge is -2.28. The fourth-order valence-corrected chi connectivity index (χ4v) is 3.95. The molecule has 1 aromatic rings. The topological polar surface area (TPSA) is 49.4 Å². The van der Waals surface area contributed by atoms with Gasteiger partial charge in [-0.3, -0.25) is 0 Å². The van der Waals surface area contributed by atoms with Crippen molar-refractivity contribution in [1.29, 1.82) is 0 Å². The fourth-order valence-electron chi connectivity index (χ4n) is 2.68. The molecule has 1 atom stereocenters. The van der Waals surface area contributed by atoms with E-state index in [2.05, 4.69) is 41.4 Å². The molecule has 21 heavy (non-hydrogen) atoms. The number of nitrogens with zero attached hydrogens (tertiary/aromatic N) is 1. The molecule has 1 aliphatic heterocycles. The molecule has 0 bridgehead atoms. The Morgan fingerprint density at radius 1 is 1.19 bits per heavy atom. The SMILES string of the molecule is CCCNC(CCN1CCS(=O)(=O)CC1)c1ccccc1. The highest BCUT2D eigenvalue weighted by Gasteiger charge is 2.22. The Balaban J connectivity index is 1.87. The van der Waals surface area contributed by atoms with Gasteiger partial charge < -0.3 is 10.2 Å². The van der Waals surface area contributed by atoms with Crippen molar-refractivity contribution in [2.75, 3.05) is 37.7 Å². The zero-order valence-corrected chi connectivity index (χ0v) is 13.6. The number of rotatable bonds is 7. The van der Waals surface area contributed by atoms with E-state index in [1.165, 1.54) is 5.56 Å². The van der Waals surface area contributed by atoms with Crippen LogP contribution >= 0.6 is 0 Å². The van der Waals surface area contributed by atoms with Crippen LogP contribution in [0.3, 0.4) is 0 Å². The van der Waals surface area contributed by atoms with Gasteiger partial charge >= 0.3 is 0 Å². The molecule has 0 saturated carbocycles. The zero-order chi connectivity index (χ0) is 15.1. The van der Waals surface area contributed by atoms with Crippen molar-refractivity contribution in [3.8, 4) is 0 Å². The Hall–Kier alpha value is -0.910. The largest absolute Gasteiger partial charge is 0.310 e. The summed E-state index contributed by atoms with van der Waals surface area (Å²) in [6.07, 6.45) is 2.13. The standard InChI is InChI=1S/C16H26N2O2S/c1-2-9-17-16(15-6-4-3-5-7-15)8-10-18-11-13-21(19,20)14-12-18/h3-7,16-17H,2,8-14H2,1H3. The quantitative estimate of drug-likeness (QED) is 0.835. The van der Waals surface area contributed by atoms with Crippen LogP contribution in [0.2, 0.25) is 0 Å². The van der Waals surface area contributed by atoms with Crippen molar-refractivity contribution in [2.24, 2.45) is 0 Å². The summed E-state index contributed by atoms with van der Waals surface area (Å²) in [5.41, 5.74) is 1.32. The average molecular weight is 310 g/mol. The van der Waals surface area contributed by atoms with Crippen LogP contribution in [0, 0.1) is 0 Å². The summed E-state index contributed by atoms with van der Waals surface area (Å²) < 4.78 is 22.9. The molecule has 5 heteroatoms. The lowest BCUT2D eigenvalue weighted by Crippen LogP contribution is -2.41. The molecule has 1 aromatic carbocycles. The van der Waals surface area contributed by atoms with Crippen molar-refractivity contribution in [3.05, 3.63) is 35.9 Å². The summed E-state index contributed by atoms with van der Waals surface area (Å²) in [5, 5.41) is 3.60. The maximum atomic E-state index is 11.5. The van der Waals surface area contributed by atoms with Crippen molar-refractivity contribution < 1.29 is 8.42 Å². The van der Waals surface area contributed by atoms with E-state index in [4.69, 9.17) is 0 Å². The molecule has 1 unspecified atom stereocenters. The van der Waals surface area contributed by atoms with Gasteiger partial charge in [0.1, 0.15) is 0 Å². The second-order valence-corrected chi connectivity index (χ2v) is 8.00. The molecule has 0 radical (unpaired) electrons. The van der Waals surface area contributed by atoms with Crippen LogP contribution in [0.5, 0.6) is 0 Å². The Morgan fingerprint density at radius 3 is 2.48 bits per heavy atom. The number of hydrogen-bond acceptors (Lipinski definition) is 4. The summed E-state index contributed by atoms with van der Waals surface area (Å²) in [5.74, 6) is 0.622. The minimum absolute atomic E-state index is 0.311. The monoisotopic (exact) mass is 310 g/mol. The first kappa shape index (κ1) is 16.5. The number of hydrogen-bond donors (Lipinski definition) is 1. The van der Waals surface area contributed by atoms with Crippen molar-refractivity contribution in [2.45, 2.75) is 25.8 Å². The fraction of sp³-hybridized carbons (Fsp3) is 0.625. The van der Waals surface area contributed by atoms with Crippen LogP contribution in [0.15, 0.2) is 30.3 Å². The van der Waals surface area contributed by atoms with Crippen LogP contribution in [-0.2, 0) is 9.84 Å². The number of sulfone groups is 1. The molecule has 1 fully saturated rings. The van der Waals surface area contributed by atoms with E-state index in [0.717, 1.165) is 25.9 Å². The first-order valence-electron chi connectivity index (χ1n) is 7.82. The summed E-state index contributed by atoms with van der Waals surface area (Å²) >= 11 is 0. The lowest BCUT2D eigenvalue weighted by atomic mass is 10.0. The molecule has 1 aliphatic rings. The minimum atomic E-state index is -2.78. The molecule has 1 N–H and O–H groups in total. The van der Waals surface area contributed by atoms with Gasteiger partial charge in [-0.1, -0.05) is 37.3 Å². The van der Waals surface area contributed by atoms with E-state index in [0.29, 0.717) is 30.6 Å². The highest BCUT2D eigenvalue weighted by molar-refractivity contribution is 7.91. The maximum absolute atomic E-state index is 11.5. The number of benzene rings is 1. The second-order valence-electron chi connectivity index (χ2n) is 5.70. The van der Waals surface area contributed by atoms with Gasteiger partial charge in [-0.2, -0.15) is 0 Å². The zero-order valence-electron chi connectivity index (χ0n) is 12.8. The van der Waals surface area contributed by atoms with Gasteiger partial charge in [-0.05, 0) is 24.9 Å². The molecule has 0 amide bonds. The Bertz CT molecular complexity index is 502. The Kier molecular flexibility index (Phi) is 6.21. The molecule has 118 valence electrons. The van der Waals surface area contributed by atoms with Crippen molar-refractivity contribution in [3.63, 3.8) is 0 Å². The van der Waals surface area contributed by atoms with E-state index in [1.54, 1.807) is 0 Å². The summed E-state index contributed by atoms with van der Waals surface area (Å²) in [6, 6.07) is 10.9. The van der Waals surface area contributed by atoms with Gasteiger partial charge in [0.2, 0.25) is 0 Å². The van der Waals surface area contributed by atoms with E-state index in [9.17, 15) is 8.42 Å². The van der Waals surface area contributed by atoms with E-state index < -0.39 is 9.84 Å². The third-order valence-corrected chi connectivity index (χ3v) is 5.62. The van der Waals surface area contributed by atoms with Crippen LogP contribution < -0.4 is 5.32 Å². The van der Waals surface area contributed by atoms with Crippen LogP contribution in [0.1, 0.15) is 31.4 Å². The van der Waals surface area contributed by atoms with Gasteiger partial charge in [0.15, 0.2) is 9.84 Å². The second kappa shape index (κ2) is 7.92. The van der Waals surface area contributed by atoms with Crippen molar-refractivity contribution >= 4 is 9.84 Å². The van der Waals surface area contributed by atoms with Gasteiger partial charge in [0, 0.05) is 25.7 Å². The highest BCUT2D eigenvalue weighted by atomic mass is 32.2. The molecule has 2 rings (SSSR count). The number of nitrogens with one attached hydrogen (secondary N) is 1. The first-order valence-corrected chi connectivity index (χ1v) is 9.64. The smallest absolute Gasteiger partial charge is 0.152 e. The summed E-state index contributed by atoms with van der Waals surface area (Å²) in [7, 11) is -2.78. The van der Waals surface area contributed by atoms with Crippen molar-refractivity contribution in [1.82, 2.24) is 10.2 Å². The Morgan fingerprint density at radius 2 is 1.86 bits per heavy atom. The molecule has 1 heterocycles. The Labute approximate surface area is 128 Å². The first-order chi connectivity index (χ1) is 10.1. The summed E-state index contributed by atoms with van der Waals surface area (Å²) in [6.45, 7) is 5.49. The molecule has 4 nitrogen and oxygen atoms in total. The maximum Gasteiger partial charge on any atom is 0.152 e. The third-order valence-electron chi connectivity index (χ3n) is 4.01. The van der Waals surface area contributed by atoms with Crippen LogP contribution in [0.25, 0.3) is 0 Å². The third kappa shape index (κ3) is 5.41. The molecule has 0 aliphatic carbocycles. The molecule has 0 aromatic heterocycles. The van der Waals surface area contributed by atoms with E-state index in [-0.39, 0.29) is 0 Å². The van der Waals surface area contributed by atoms with E-state index in [1.807, 2.05) is 6.07 Å². The van der Waals surface area contributed by atoms with Crippen LogP contribution in [-0.4, -0.2) is 51.0 Å². The van der Waals surface area contributed by atoms with Gasteiger partial charge in [0.25, 0.3) is 0 Å². The normalized spacial score (nSPS) is 20.2. The molecule has 1 saturated heterocycles. The highest BCUT2D eigenvalue weighted by Crippen LogP contribution is 2.17.